The van der Waals surface area contributed by atoms with Crippen molar-refractivity contribution < 1.29 is 102 Å². The molecular weight excluding hydrogens is 1510 g/mol. The molecule has 664 valence electrons. The molecule has 0 aliphatic carbocycles. The van der Waals surface area contributed by atoms with Gasteiger partial charge in [0.1, 0.15) is 23.0 Å². The number of phenols is 4. The molecule has 20 heteroatoms. The van der Waals surface area contributed by atoms with Gasteiger partial charge in [-0.2, -0.15) is 0 Å². The second kappa shape index (κ2) is 68.8. The molecule has 0 fully saturated rings. The summed E-state index contributed by atoms with van der Waals surface area (Å²) in [7, 11) is 0. The maximum atomic E-state index is 10.4. The predicted octanol–water partition coefficient (Wildman–Crippen LogP) is 16.4. The summed E-state index contributed by atoms with van der Waals surface area (Å²) < 4.78 is 151. The molecule has 8 rings (SSSR count). The van der Waals surface area contributed by atoms with E-state index in [-0.39, 0.29) is 86.5 Å². The van der Waals surface area contributed by atoms with Gasteiger partial charge < -0.3 is 101 Å². The Morgan fingerprint density at radius 1 is 0.258 bits per heavy atom. The molecule has 4 atom stereocenters. The summed E-state index contributed by atoms with van der Waals surface area (Å²) in [6, 6.07) is 58.3. The van der Waals surface area contributed by atoms with E-state index in [0.29, 0.717) is 91.9 Å². The number of nitrogens with one attached hydrogen (secondary N) is 4. The Morgan fingerprint density at radius 2 is 0.533 bits per heavy atom. The molecule has 0 aliphatic heterocycles. The van der Waals surface area contributed by atoms with E-state index >= 15 is 0 Å². The van der Waals surface area contributed by atoms with Crippen LogP contribution in [0.3, 0.4) is 0 Å². The molecule has 0 aliphatic rings. The summed E-state index contributed by atoms with van der Waals surface area (Å²) >= 11 is 0. The van der Waals surface area contributed by atoms with Gasteiger partial charge in [0.05, 0.1) is 59.1 Å². The molecule has 120 heavy (non-hydrogen) atoms. The Kier molecular flexibility index (Phi) is 45.6. The van der Waals surface area contributed by atoms with Gasteiger partial charge in [0.15, 0.2) is 0 Å². The number of benzene rings is 8. The second-order valence-electron chi connectivity index (χ2n) is 29.1. The molecule has 0 heterocycles. The molecule has 8 aromatic rings. The van der Waals surface area contributed by atoms with Crippen LogP contribution in [0.15, 0.2) is 194 Å². The molecule has 0 saturated heterocycles. The van der Waals surface area contributed by atoms with Gasteiger partial charge in [-0.1, -0.05) is 197 Å². The maximum absolute atomic E-state index is 10.4. The minimum absolute atomic E-state index is 0.0121. The first-order chi connectivity index (χ1) is 64.6. The van der Waals surface area contributed by atoms with Gasteiger partial charge in [-0.15, -0.1) is 0 Å². The van der Waals surface area contributed by atoms with Crippen LogP contribution in [0.5, 0.6) is 23.0 Å². The van der Waals surface area contributed by atoms with Gasteiger partial charge in [-0.3, -0.25) is 0 Å². The Hall–Kier alpha value is -7.68. The lowest BCUT2D eigenvalue weighted by Gasteiger charge is -2.14. The van der Waals surface area contributed by atoms with Gasteiger partial charge in [-0.25, -0.2) is 0 Å². The van der Waals surface area contributed by atoms with Crippen LogP contribution < -0.4 is 21.3 Å². The van der Waals surface area contributed by atoms with Crippen molar-refractivity contribution >= 4 is 0 Å². The van der Waals surface area contributed by atoms with Crippen molar-refractivity contribution in [3.63, 3.8) is 0 Å². The third kappa shape index (κ3) is 48.8. The molecule has 16 N–H and O–H groups in total. The molecule has 0 amide bonds. The normalized spacial score (nSPS) is 15.1. The van der Waals surface area contributed by atoms with Gasteiger partial charge in [0.25, 0.3) is 0 Å². The van der Waals surface area contributed by atoms with E-state index in [1.165, 1.54) is 71.3 Å². The first kappa shape index (κ1) is 79.5. The number of aliphatic hydroxyl groups excluding tert-OH is 8. The van der Waals surface area contributed by atoms with Crippen molar-refractivity contribution in [3.8, 4) is 23.0 Å². The van der Waals surface area contributed by atoms with Crippen LogP contribution in [0.2, 0.25) is 0 Å². The quantitative estimate of drug-likeness (QED) is 0.0157. The molecule has 0 radical (unpaired) electrons. The zero-order valence-electron chi connectivity index (χ0n) is 86.1. The number of hydrogen-bond donors (Lipinski definition) is 16. The number of aromatic hydroxyl groups is 4. The van der Waals surface area contributed by atoms with Crippen molar-refractivity contribution in [2.75, 3.05) is 105 Å². The smallest absolute Gasteiger partial charge is 0.121 e. The van der Waals surface area contributed by atoms with Crippen LogP contribution in [-0.2, 0) is 71.1 Å². The lowest BCUT2D eigenvalue weighted by molar-refractivity contribution is 0.126. The summed E-state index contributed by atoms with van der Waals surface area (Å²) in [4.78, 5) is 0. The Morgan fingerprint density at radius 3 is 0.875 bits per heavy atom. The molecule has 0 bridgehead atoms. The van der Waals surface area contributed by atoms with E-state index in [9.17, 15) is 61.3 Å². The minimum atomic E-state index is -2.70. The lowest BCUT2D eigenvalue weighted by Crippen LogP contribution is -2.22. The van der Waals surface area contributed by atoms with E-state index in [2.05, 4.69) is 69.8 Å². The van der Waals surface area contributed by atoms with E-state index in [0.717, 1.165) is 128 Å². The Bertz CT molecular complexity index is 4540. The Balaban J connectivity index is 0.000000321. The maximum Gasteiger partial charge on any atom is 0.121 e. The number of unbranched alkanes of at least 4 members (excludes halogenated alkanes) is 9. The second-order valence-corrected chi connectivity index (χ2v) is 29.1. The number of aliphatic hydroxyl groups is 8. The fourth-order valence-electron chi connectivity index (χ4n) is 12.2. The van der Waals surface area contributed by atoms with Crippen molar-refractivity contribution in [3.05, 3.63) is 261 Å². The van der Waals surface area contributed by atoms with Crippen molar-refractivity contribution in [2.24, 2.45) is 0 Å². The van der Waals surface area contributed by atoms with Crippen molar-refractivity contribution in [2.45, 2.75) is 231 Å². The topological polar surface area (TPSA) is 328 Å². The van der Waals surface area contributed by atoms with Gasteiger partial charge >= 0.3 is 0 Å². The van der Waals surface area contributed by atoms with Crippen LogP contribution >= 0.6 is 0 Å². The highest BCUT2D eigenvalue weighted by Gasteiger charge is 2.15. The number of aryl methyl sites for hydroxylation is 4. The molecule has 0 saturated carbocycles. The highest BCUT2D eigenvalue weighted by Crippen LogP contribution is 2.27. The van der Waals surface area contributed by atoms with Gasteiger partial charge in [0.2, 0.25) is 0 Å². The Labute approximate surface area is 739 Å². The summed E-state index contributed by atoms with van der Waals surface area (Å²) in [6.07, 6.45) is 7.48. The summed E-state index contributed by atoms with van der Waals surface area (Å²) in [5.74, 6) is -0.221. The first-order valence-corrected chi connectivity index (χ1v) is 42.6. The summed E-state index contributed by atoms with van der Waals surface area (Å²) in [5, 5.41) is 128. The van der Waals surface area contributed by atoms with Gasteiger partial charge in [-0.05, 0) is 247 Å². The van der Waals surface area contributed by atoms with Crippen LogP contribution in [0, 0.1) is 0 Å². The van der Waals surface area contributed by atoms with Crippen LogP contribution in [-0.4, -0.2) is 166 Å². The lowest BCUT2D eigenvalue weighted by atomic mass is 10.1. The molecule has 20 nitrogen and oxygen atoms in total. The van der Waals surface area contributed by atoms with Crippen LogP contribution in [0.25, 0.3) is 0 Å². The zero-order valence-corrected chi connectivity index (χ0v) is 70.1. The summed E-state index contributed by atoms with van der Waals surface area (Å²) in [5.41, 5.74) is 8.19. The third-order valence-electron chi connectivity index (χ3n) is 19.3. The fraction of sp³-hybridized carbons (Fsp3) is 0.520. The van der Waals surface area contributed by atoms with Crippen LogP contribution in [0.1, 0.15) is 267 Å². The average molecular weight is 1680 g/mol. The van der Waals surface area contributed by atoms with Gasteiger partial charge in [0, 0.05) is 115 Å². The standard InChI is InChI=1S/4C25H37NO4/c4*27-20-23-18-22(13-14-24(23)28)25(29)19-26-15-7-1-2-8-16-30-17-9-6-12-21-10-4-3-5-11-21/h4*3-5,10-11,13-14,18,25-29H,1-2,6-9,12,15-17,19-20H2/i7D2,8D2,15D2,16D2;15D2,16D2;16D2;15D2. The highest BCUT2D eigenvalue weighted by molar-refractivity contribution is 5.39. The SMILES string of the molecule is [2H]C([2H])(CCC([2H])([2H])C([2H])([2H])OCCCCc1ccccc1)C([2H])([2H])NCC(O)c1ccc(O)c(CO)c1.[2H]C([2H])(CCCCC([2H])([2H])OCCCCc1ccccc1)NCC(O)c1ccc(O)c(CO)c1.[2H]C([2H])(CCCCCNCC(O)c1ccc(O)c(CO)c1)OCCCCc1ccccc1.[2H]C([2H])(CCCCCOCCCCc1ccccc1)NCC(O)c1ccc(O)c(CO)c1. The highest BCUT2D eigenvalue weighted by atomic mass is 16.5. The first-order valence-electron chi connectivity index (χ1n) is 50.6. The molecule has 8 aromatic carbocycles. The number of hydrogen-bond acceptors (Lipinski definition) is 20. The van der Waals surface area contributed by atoms with Crippen LogP contribution in [0.4, 0.5) is 0 Å². The molecule has 4 unspecified atom stereocenters. The molecule has 0 aromatic heterocycles. The monoisotopic (exact) mass is 1680 g/mol. The number of rotatable bonds is 64. The third-order valence-corrected chi connectivity index (χ3v) is 19.3. The van der Waals surface area contributed by atoms with E-state index < -0.39 is 102 Å². The fourth-order valence-corrected chi connectivity index (χ4v) is 12.2. The number of ether oxygens (including phenoxy) is 4. The average Bonchev–Trinajstić information content (AvgIpc) is 0.792. The predicted molar refractivity (Wildman–Crippen MR) is 482 cm³/mol. The largest absolute Gasteiger partial charge is 0.508 e. The molecular formula is C100H148N4O16. The minimum Gasteiger partial charge on any atom is -0.508 e. The zero-order chi connectivity index (χ0) is 100. The molecule has 0 spiro atoms. The van der Waals surface area contributed by atoms with Crippen molar-refractivity contribution in [1.29, 1.82) is 0 Å². The van der Waals surface area contributed by atoms with E-state index in [4.69, 9.17) is 40.9 Å². The van der Waals surface area contributed by atoms with E-state index in [1.54, 1.807) is 18.2 Å². The van der Waals surface area contributed by atoms with Crippen molar-refractivity contribution in [1.82, 2.24) is 21.3 Å². The summed E-state index contributed by atoms with van der Waals surface area (Å²) in [6.45, 7) is -10.4. The van der Waals surface area contributed by atoms with E-state index in [1.807, 2.05) is 72.8 Å².